The minimum Gasteiger partial charge on any atom is -0.324 e. The van der Waals surface area contributed by atoms with E-state index in [0.29, 0.717) is 10.8 Å². The summed E-state index contributed by atoms with van der Waals surface area (Å²) in [6, 6.07) is 3.80. The number of hydrogen-bond acceptors (Lipinski definition) is 2. The molecule has 0 aliphatic heterocycles. The zero-order chi connectivity index (χ0) is 14.7. The molecule has 4 saturated carbocycles. The highest BCUT2D eigenvalue weighted by Crippen LogP contribution is 2.69. The molecule has 0 unspecified atom stereocenters. The van der Waals surface area contributed by atoms with Crippen LogP contribution in [0.5, 0.6) is 0 Å². The van der Waals surface area contributed by atoms with Gasteiger partial charge in [-0.15, -0.1) is 0 Å². The summed E-state index contributed by atoms with van der Waals surface area (Å²) in [7, 11) is 0. The molecule has 112 valence electrons. The van der Waals surface area contributed by atoms with E-state index in [4.69, 9.17) is 0 Å². The predicted molar refractivity (Wildman–Crippen MR) is 82.7 cm³/mol. The topological polar surface area (TPSA) is 42.0 Å². The van der Waals surface area contributed by atoms with E-state index in [1.165, 1.54) is 19.3 Å². The first-order chi connectivity index (χ1) is 9.91. The van der Waals surface area contributed by atoms with E-state index in [9.17, 15) is 4.79 Å². The van der Waals surface area contributed by atoms with Gasteiger partial charge in [0, 0.05) is 6.20 Å². The van der Waals surface area contributed by atoms with Crippen molar-refractivity contribution in [3.05, 3.63) is 24.5 Å². The molecule has 4 bridgehead atoms. The fraction of sp³-hybridized carbons (Fsp3) is 0.667. The Labute approximate surface area is 126 Å². The highest BCUT2D eigenvalue weighted by molar-refractivity contribution is 5.95. The van der Waals surface area contributed by atoms with E-state index >= 15 is 0 Å². The van der Waals surface area contributed by atoms with Gasteiger partial charge >= 0.3 is 0 Å². The van der Waals surface area contributed by atoms with Crippen LogP contribution in [0.25, 0.3) is 0 Å². The van der Waals surface area contributed by atoms with Gasteiger partial charge in [-0.25, -0.2) is 0 Å². The molecule has 1 aromatic rings. The minimum absolute atomic E-state index is 0.140. The van der Waals surface area contributed by atoms with Crippen molar-refractivity contribution in [2.75, 3.05) is 5.32 Å². The van der Waals surface area contributed by atoms with Gasteiger partial charge in [0.25, 0.3) is 0 Å². The lowest BCUT2D eigenvalue weighted by molar-refractivity contribution is -0.165. The molecule has 3 nitrogen and oxygen atoms in total. The zero-order valence-electron chi connectivity index (χ0n) is 13.0. The molecule has 21 heavy (non-hydrogen) atoms. The fourth-order valence-electron chi connectivity index (χ4n) is 6.40. The third-order valence-electron chi connectivity index (χ3n) is 6.03. The van der Waals surface area contributed by atoms with Gasteiger partial charge in [0.1, 0.15) is 0 Å². The van der Waals surface area contributed by atoms with E-state index in [2.05, 4.69) is 24.1 Å². The minimum atomic E-state index is -0.140. The molecule has 1 heterocycles. The quantitative estimate of drug-likeness (QED) is 0.891. The number of anilines is 1. The Balaban J connectivity index is 1.63. The molecule has 4 aliphatic rings. The van der Waals surface area contributed by atoms with Crippen LogP contribution in [0.2, 0.25) is 0 Å². The Kier molecular flexibility index (Phi) is 2.59. The smallest absolute Gasteiger partial charge is 0.230 e. The van der Waals surface area contributed by atoms with E-state index in [-0.39, 0.29) is 11.3 Å². The van der Waals surface area contributed by atoms with Gasteiger partial charge in [-0.05, 0) is 67.4 Å². The van der Waals surface area contributed by atoms with E-state index in [0.717, 1.165) is 30.9 Å². The summed E-state index contributed by atoms with van der Waals surface area (Å²) in [5, 5.41) is 3.13. The monoisotopic (exact) mass is 284 g/mol. The third kappa shape index (κ3) is 2.09. The van der Waals surface area contributed by atoms with Crippen LogP contribution in [0.4, 0.5) is 5.69 Å². The van der Waals surface area contributed by atoms with Crippen molar-refractivity contribution in [3.63, 3.8) is 0 Å². The van der Waals surface area contributed by atoms with Crippen molar-refractivity contribution in [1.82, 2.24) is 4.98 Å². The molecular formula is C18H24N2O. The summed E-state index contributed by atoms with van der Waals surface area (Å²) >= 11 is 0. The van der Waals surface area contributed by atoms with Crippen molar-refractivity contribution in [3.8, 4) is 0 Å². The molecule has 0 radical (unpaired) electrons. The van der Waals surface area contributed by atoms with Gasteiger partial charge in [-0.1, -0.05) is 13.8 Å². The second kappa shape index (κ2) is 4.08. The van der Waals surface area contributed by atoms with Crippen LogP contribution in [0.15, 0.2) is 24.5 Å². The number of hydrogen-bond donors (Lipinski definition) is 1. The normalized spacial score (nSPS) is 43.8. The Hall–Kier alpha value is -1.38. The number of rotatable bonds is 2. The van der Waals surface area contributed by atoms with Crippen molar-refractivity contribution < 1.29 is 4.79 Å². The number of aromatic nitrogens is 1. The number of nitrogens with one attached hydrogen (secondary N) is 1. The van der Waals surface area contributed by atoms with Gasteiger partial charge in [-0.3, -0.25) is 9.78 Å². The average molecular weight is 284 g/mol. The Morgan fingerprint density at radius 3 is 2.48 bits per heavy atom. The van der Waals surface area contributed by atoms with E-state index < -0.39 is 0 Å². The number of amides is 1. The largest absolute Gasteiger partial charge is 0.324 e. The maximum atomic E-state index is 13.0. The lowest BCUT2D eigenvalue weighted by Crippen LogP contribution is -2.58. The number of nitrogens with zero attached hydrogens (tertiary/aromatic N) is 1. The second-order valence-corrected chi connectivity index (χ2v) is 8.61. The summed E-state index contributed by atoms with van der Waals surface area (Å²) in [5.74, 6) is 0.980. The maximum Gasteiger partial charge on any atom is 0.230 e. The maximum absolute atomic E-state index is 13.0. The van der Waals surface area contributed by atoms with Crippen LogP contribution < -0.4 is 5.32 Å². The Morgan fingerprint density at radius 2 is 1.90 bits per heavy atom. The number of carbonyl (C=O) groups excluding carboxylic acids is 1. The van der Waals surface area contributed by atoms with E-state index in [1.54, 1.807) is 12.4 Å². The number of pyridine rings is 1. The summed E-state index contributed by atoms with van der Waals surface area (Å²) in [6.45, 7) is 4.81. The van der Waals surface area contributed by atoms with E-state index in [1.807, 2.05) is 12.1 Å². The molecule has 0 aromatic carbocycles. The van der Waals surface area contributed by atoms with Crippen molar-refractivity contribution in [2.45, 2.75) is 52.4 Å². The predicted octanol–water partition coefficient (Wildman–Crippen LogP) is 4.02. The van der Waals surface area contributed by atoms with Crippen molar-refractivity contribution >= 4 is 11.6 Å². The molecule has 1 amide bonds. The molecule has 4 fully saturated rings. The molecule has 2 atom stereocenters. The Bertz CT molecular complexity index is 564. The molecule has 3 heteroatoms. The SMILES string of the molecule is C[C@@]12CC3CC(C(=O)Nc4cccnc4)(C1)C[C@@](C)(C3)C2. The van der Waals surface area contributed by atoms with Crippen LogP contribution in [0.1, 0.15) is 52.4 Å². The molecule has 5 rings (SSSR count). The highest BCUT2D eigenvalue weighted by Gasteiger charge is 2.62. The first-order valence-corrected chi connectivity index (χ1v) is 8.12. The zero-order valence-corrected chi connectivity index (χ0v) is 13.0. The fourth-order valence-corrected chi connectivity index (χ4v) is 6.40. The number of carbonyl (C=O) groups is 1. The van der Waals surface area contributed by atoms with Gasteiger partial charge in [-0.2, -0.15) is 0 Å². The van der Waals surface area contributed by atoms with Gasteiger partial charge in [0.05, 0.1) is 17.3 Å². The van der Waals surface area contributed by atoms with Gasteiger partial charge in [0.15, 0.2) is 0 Å². The molecule has 0 spiro atoms. The van der Waals surface area contributed by atoms with Crippen LogP contribution >= 0.6 is 0 Å². The van der Waals surface area contributed by atoms with Crippen LogP contribution in [-0.2, 0) is 4.79 Å². The molecule has 0 saturated heterocycles. The highest BCUT2D eigenvalue weighted by atomic mass is 16.2. The molecule has 1 aromatic heterocycles. The first kappa shape index (κ1) is 13.3. The van der Waals surface area contributed by atoms with Crippen molar-refractivity contribution in [1.29, 1.82) is 0 Å². The average Bonchev–Trinajstić information content (AvgIpc) is 2.35. The van der Waals surface area contributed by atoms with Gasteiger partial charge < -0.3 is 5.32 Å². The first-order valence-electron chi connectivity index (χ1n) is 8.12. The second-order valence-electron chi connectivity index (χ2n) is 8.61. The molecule has 1 N–H and O–H groups in total. The van der Waals surface area contributed by atoms with Crippen LogP contribution in [0, 0.1) is 22.2 Å². The summed E-state index contributed by atoms with van der Waals surface area (Å²) in [5.41, 5.74) is 1.44. The summed E-state index contributed by atoms with van der Waals surface area (Å²) in [6.07, 6.45) is 10.7. The molecular weight excluding hydrogens is 260 g/mol. The van der Waals surface area contributed by atoms with Gasteiger partial charge in [0.2, 0.25) is 5.91 Å². The van der Waals surface area contributed by atoms with Crippen LogP contribution in [-0.4, -0.2) is 10.9 Å². The summed E-state index contributed by atoms with van der Waals surface area (Å²) in [4.78, 5) is 17.1. The standard InChI is InChI=1S/C18H24N2O/c1-16-6-13-7-17(2,10-16)12-18(8-13,11-16)15(21)20-14-4-3-5-19-9-14/h3-5,9,13H,6-8,10-12H2,1-2H3,(H,20,21)/t13?,16-,17-,18?/m0/s1. The summed E-state index contributed by atoms with van der Waals surface area (Å²) < 4.78 is 0. The Morgan fingerprint density at radius 1 is 1.19 bits per heavy atom. The van der Waals surface area contributed by atoms with Crippen LogP contribution in [0.3, 0.4) is 0 Å². The third-order valence-corrected chi connectivity index (χ3v) is 6.03. The lowest BCUT2D eigenvalue weighted by Gasteiger charge is -2.64. The van der Waals surface area contributed by atoms with Crippen molar-refractivity contribution in [2.24, 2.45) is 22.2 Å². The lowest BCUT2D eigenvalue weighted by atomic mass is 9.40. The molecule has 4 aliphatic carbocycles.